The van der Waals surface area contributed by atoms with Crippen molar-refractivity contribution in [2.75, 3.05) is 48.8 Å². The molecule has 1 rings (SSSR count). The Morgan fingerprint density at radius 1 is 0.640 bits per heavy atom. The smallest absolute Gasteiger partial charge is 0.303 e. The van der Waals surface area contributed by atoms with E-state index >= 15 is 4.79 Å². The van der Waals surface area contributed by atoms with Gasteiger partial charge >= 0.3 is 5.97 Å². The predicted molar refractivity (Wildman–Crippen MR) is 296 cm³/mol. The standard InChI is InChI=1S/C56H94N8O10S/c1-20-22-26-38(11)49(74-40(13)65)48(50(67)58-42(21-2)52(69)59(14)32-46(66)60(15)45(31-36(7)8)56(73)75-33-41-27-24-23-25-28-41)64(19)55(72)47(37(9)10)63(18)54(71)44(30-35(5)6)62(17)53(70)43(29-34(3)4)61(16)51(68)39(12)57/h20,22-25,27-28,34-39,42-45,47-49H,21,26,29-33,57H2,1-19H3,(H,58,67)/b22-20+/t38-,39-,42+,43+,44+,45+,47+,48+,49-/m1/s1. The highest BCUT2D eigenvalue weighted by atomic mass is 32.2. The second-order valence-electron chi connectivity index (χ2n) is 21.8. The zero-order chi connectivity index (χ0) is 57.8. The van der Waals surface area contributed by atoms with Crippen LogP contribution >= 0.6 is 11.8 Å². The average molecular weight is 1070 g/mol. The summed E-state index contributed by atoms with van der Waals surface area (Å²) in [6, 6.07) is 1.97. The number of allylic oxidation sites excluding steroid dienone is 2. The van der Waals surface area contributed by atoms with Gasteiger partial charge in [-0.1, -0.05) is 123 Å². The van der Waals surface area contributed by atoms with E-state index in [0.29, 0.717) is 25.0 Å². The van der Waals surface area contributed by atoms with Crippen LogP contribution in [0.4, 0.5) is 0 Å². The molecule has 0 heterocycles. The minimum Gasteiger partial charge on any atom is -0.459 e. The maximum atomic E-state index is 15.2. The average Bonchev–Trinajstić information content (AvgIpc) is 3.34. The quantitative estimate of drug-likeness (QED) is 0.0710. The van der Waals surface area contributed by atoms with Gasteiger partial charge in [0.15, 0.2) is 0 Å². The van der Waals surface area contributed by atoms with Crippen LogP contribution in [-0.4, -0.2) is 179 Å². The van der Waals surface area contributed by atoms with Crippen LogP contribution in [0.2, 0.25) is 0 Å². The number of nitrogens with zero attached hydrogens (tertiary/aromatic N) is 6. The van der Waals surface area contributed by atoms with E-state index in [1.54, 1.807) is 47.7 Å². The molecule has 1 aromatic carbocycles. The Morgan fingerprint density at radius 2 is 1.12 bits per heavy atom. The molecular weight excluding hydrogens is 977 g/mol. The molecule has 9 atom stereocenters. The van der Waals surface area contributed by atoms with Crippen molar-refractivity contribution in [2.24, 2.45) is 35.3 Å². The molecule has 0 aromatic heterocycles. The lowest BCUT2D eigenvalue weighted by molar-refractivity contribution is -0.164. The van der Waals surface area contributed by atoms with Crippen LogP contribution in [-0.2, 0) is 53.6 Å². The Balaban J connectivity index is 3.75. The fourth-order valence-electron chi connectivity index (χ4n) is 9.05. The van der Waals surface area contributed by atoms with Gasteiger partial charge in [0.05, 0.1) is 12.6 Å². The van der Waals surface area contributed by atoms with Gasteiger partial charge in [-0.15, -0.1) is 0 Å². The monoisotopic (exact) mass is 1070 g/mol. The van der Waals surface area contributed by atoms with Crippen molar-refractivity contribution < 1.29 is 47.9 Å². The Labute approximate surface area is 453 Å². The lowest BCUT2D eigenvalue weighted by atomic mass is 9.91. The van der Waals surface area contributed by atoms with Crippen molar-refractivity contribution in [2.45, 2.75) is 176 Å². The maximum Gasteiger partial charge on any atom is 0.303 e. The summed E-state index contributed by atoms with van der Waals surface area (Å²) in [5.74, 6) is -5.42. The minimum absolute atomic E-state index is 0.00109. The minimum atomic E-state index is -1.53. The van der Waals surface area contributed by atoms with E-state index in [9.17, 15) is 38.4 Å². The summed E-state index contributed by atoms with van der Waals surface area (Å²) in [6.45, 7) is 22.7. The van der Waals surface area contributed by atoms with Crippen molar-refractivity contribution in [3.8, 4) is 0 Å². The molecule has 1 aromatic rings. The highest BCUT2D eigenvalue weighted by Crippen LogP contribution is 2.27. The summed E-state index contributed by atoms with van der Waals surface area (Å²) >= 11 is 1.13. The summed E-state index contributed by atoms with van der Waals surface area (Å²) in [7, 11) is 8.87. The van der Waals surface area contributed by atoms with E-state index in [2.05, 4.69) is 5.32 Å². The molecule has 0 bridgehead atoms. The van der Waals surface area contributed by atoms with Gasteiger partial charge < -0.3 is 45.2 Å². The van der Waals surface area contributed by atoms with Gasteiger partial charge in [0.2, 0.25) is 46.5 Å². The molecule has 0 radical (unpaired) electrons. The summed E-state index contributed by atoms with van der Waals surface area (Å²) in [5.41, 5.74) is 6.92. The Hall–Kier alpha value is -5.30. The Morgan fingerprint density at radius 3 is 1.57 bits per heavy atom. The van der Waals surface area contributed by atoms with E-state index in [1.807, 2.05) is 84.9 Å². The Bertz CT molecular complexity index is 2080. The molecule has 18 nitrogen and oxygen atoms in total. The molecule has 424 valence electrons. The summed E-state index contributed by atoms with van der Waals surface area (Å²) in [5, 5.41) is 2.63. The van der Waals surface area contributed by atoms with Crippen LogP contribution in [0.3, 0.4) is 0 Å². The van der Waals surface area contributed by atoms with E-state index in [0.717, 1.165) is 22.2 Å². The molecule has 0 fully saturated rings. The molecule has 0 aliphatic rings. The molecule has 0 unspecified atom stereocenters. The number of hydrogen-bond donors (Lipinski definition) is 2. The second kappa shape index (κ2) is 32.3. The number of benzene rings is 1. The topological polar surface area (TPSA) is 220 Å². The fourth-order valence-corrected chi connectivity index (χ4v) is 9.99. The van der Waals surface area contributed by atoms with Crippen molar-refractivity contribution >= 4 is 64.2 Å². The van der Waals surface area contributed by atoms with Gasteiger partial charge in [0.1, 0.15) is 42.4 Å². The van der Waals surface area contributed by atoms with Crippen LogP contribution in [0.25, 0.3) is 0 Å². The summed E-state index contributed by atoms with van der Waals surface area (Å²) < 4.78 is 5.90. The fraction of sp³-hybridized carbons (Fsp3) is 0.696. The van der Waals surface area contributed by atoms with Crippen LogP contribution in [0.15, 0.2) is 42.5 Å². The van der Waals surface area contributed by atoms with Crippen molar-refractivity contribution in [1.29, 1.82) is 0 Å². The third kappa shape index (κ3) is 20.6. The molecule has 0 aliphatic heterocycles. The SMILES string of the molecule is C/C=C/C[C@@H](C)[C@@H](OC(C)=O)[C@@H](C(=O)N[C@@H](CC)C(=O)N(C)CC(=O)N(C)[C@@H](CC(C)C)C(=O)SCc1ccccc1)N(C)C(=O)[C@H](C(C)C)N(C)C(=O)[C@H](CC(C)C)N(C)C(=O)[C@H](CC(C)C)N(C)C(=O)[C@@H](C)N. The van der Waals surface area contributed by atoms with Crippen molar-refractivity contribution in [3.63, 3.8) is 0 Å². The number of thioether (sulfide) groups is 1. The number of ether oxygens (including phenoxy) is 1. The van der Waals surface area contributed by atoms with Gasteiger partial charge in [-0.25, -0.2) is 0 Å². The van der Waals surface area contributed by atoms with E-state index in [4.69, 9.17) is 10.5 Å². The zero-order valence-electron chi connectivity index (χ0n) is 48.7. The number of likely N-dealkylation sites (N-methyl/N-ethyl adjacent to an activating group) is 6. The largest absolute Gasteiger partial charge is 0.459 e. The number of hydrogen-bond acceptors (Lipinski definition) is 12. The van der Waals surface area contributed by atoms with Crippen LogP contribution < -0.4 is 11.1 Å². The van der Waals surface area contributed by atoms with Gasteiger partial charge in [-0.3, -0.25) is 43.2 Å². The number of carbonyl (C=O) groups excluding carboxylic acids is 9. The molecule has 7 amide bonds. The first-order valence-corrected chi connectivity index (χ1v) is 27.5. The first kappa shape index (κ1) is 67.7. The van der Waals surface area contributed by atoms with Gasteiger partial charge in [-0.2, -0.15) is 0 Å². The zero-order valence-corrected chi connectivity index (χ0v) is 49.6. The lowest BCUT2D eigenvalue weighted by Crippen LogP contribution is -2.64. The first-order chi connectivity index (χ1) is 34.9. The predicted octanol–water partition coefficient (Wildman–Crippen LogP) is 5.61. The number of esters is 1. The van der Waals surface area contributed by atoms with E-state index < -0.39 is 114 Å². The van der Waals surface area contributed by atoms with Crippen molar-refractivity contribution in [3.05, 3.63) is 48.0 Å². The normalized spacial score (nSPS) is 15.3. The molecule has 0 spiro atoms. The van der Waals surface area contributed by atoms with Gasteiger partial charge in [0.25, 0.3) is 0 Å². The van der Waals surface area contributed by atoms with Crippen LogP contribution in [0.5, 0.6) is 0 Å². The Kier molecular flexibility index (Phi) is 29.2. The van der Waals surface area contributed by atoms with Crippen molar-refractivity contribution in [1.82, 2.24) is 34.7 Å². The number of amides is 7. The molecule has 19 heteroatoms. The highest BCUT2D eigenvalue weighted by Gasteiger charge is 2.46. The van der Waals surface area contributed by atoms with E-state index in [-0.39, 0.29) is 35.7 Å². The third-order valence-electron chi connectivity index (χ3n) is 13.4. The van der Waals surface area contributed by atoms with Gasteiger partial charge in [-0.05, 0) is 81.1 Å². The van der Waals surface area contributed by atoms with Crippen LogP contribution in [0.1, 0.15) is 128 Å². The number of carbonyl (C=O) groups is 9. The molecule has 75 heavy (non-hydrogen) atoms. The molecule has 0 saturated heterocycles. The van der Waals surface area contributed by atoms with Gasteiger partial charge in [0, 0.05) is 55.0 Å². The number of nitrogens with one attached hydrogen (secondary N) is 1. The number of nitrogens with two attached hydrogens (primary N) is 1. The number of rotatable bonds is 30. The molecule has 0 saturated carbocycles. The first-order valence-electron chi connectivity index (χ1n) is 26.5. The highest BCUT2D eigenvalue weighted by molar-refractivity contribution is 8.13. The second-order valence-corrected chi connectivity index (χ2v) is 22.8. The summed E-state index contributed by atoms with van der Waals surface area (Å²) in [6.07, 6.45) is 3.74. The molecule has 0 aliphatic carbocycles. The third-order valence-corrected chi connectivity index (χ3v) is 14.4. The lowest BCUT2D eigenvalue weighted by Gasteiger charge is -2.42. The molecular formula is C56H94N8O10S. The summed E-state index contributed by atoms with van der Waals surface area (Å²) in [4.78, 5) is 135. The van der Waals surface area contributed by atoms with E-state index in [1.165, 1.54) is 66.7 Å². The molecule has 3 N–H and O–H groups in total. The maximum absolute atomic E-state index is 15.2. The van der Waals surface area contributed by atoms with Crippen LogP contribution in [0, 0.1) is 29.6 Å².